The molecule has 0 bridgehead atoms. The lowest BCUT2D eigenvalue weighted by molar-refractivity contribution is 0.0696. The monoisotopic (exact) mass is 207 g/mol. The van der Waals surface area contributed by atoms with Crippen LogP contribution in [0.3, 0.4) is 0 Å². The van der Waals surface area contributed by atoms with Gasteiger partial charge in [-0.05, 0) is 26.0 Å². The number of aromatic nitrogens is 1. The molecular weight excluding hydrogens is 194 g/mol. The Morgan fingerprint density at radius 1 is 1.53 bits per heavy atom. The van der Waals surface area contributed by atoms with Crippen molar-refractivity contribution >= 4 is 5.97 Å². The quantitative estimate of drug-likeness (QED) is 0.768. The van der Waals surface area contributed by atoms with Gasteiger partial charge in [-0.15, -0.1) is 0 Å². The van der Waals surface area contributed by atoms with Crippen LogP contribution in [0.15, 0.2) is 30.1 Å². The topological polar surface area (TPSA) is 59.4 Å². The summed E-state index contributed by atoms with van der Waals surface area (Å²) in [4.78, 5) is 14.4. The third-order valence-electron chi connectivity index (χ3n) is 1.70. The van der Waals surface area contributed by atoms with E-state index in [2.05, 4.69) is 4.98 Å². The highest BCUT2D eigenvalue weighted by Crippen LogP contribution is 2.11. The number of aromatic carboxylic acids is 1. The highest BCUT2D eigenvalue weighted by molar-refractivity contribution is 5.87. The first kappa shape index (κ1) is 11.2. The molecule has 1 aromatic heterocycles. The second kappa shape index (κ2) is 5.14. The molecule has 1 heterocycles. The number of hydrogen-bond acceptors (Lipinski definition) is 3. The van der Waals surface area contributed by atoms with Gasteiger partial charge in [-0.25, -0.2) is 4.79 Å². The maximum Gasteiger partial charge on any atom is 0.337 e. The first-order chi connectivity index (χ1) is 7.09. The van der Waals surface area contributed by atoms with Crippen LogP contribution in [0.2, 0.25) is 0 Å². The van der Waals surface area contributed by atoms with Crippen LogP contribution in [-0.2, 0) is 0 Å². The summed E-state index contributed by atoms with van der Waals surface area (Å²) in [5.41, 5.74) is 1.28. The van der Waals surface area contributed by atoms with Gasteiger partial charge < -0.3 is 9.84 Å². The molecule has 0 aliphatic heterocycles. The number of carboxylic acids is 1. The van der Waals surface area contributed by atoms with Crippen LogP contribution in [0, 0.1) is 0 Å². The summed E-state index contributed by atoms with van der Waals surface area (Å²) in [6, 6.07) is 1.45. The van der Waals surface area contributed by atoms with E-state index in [0.717, 1.165) is 5.57 Å². The molecule has 0 radical (unpaired) electrons. The number of nitrogens with zero attached hydrogens (tertiary/aromatic N) is 1. The van der Waals surface area contributed by atoms with Crippen LogP contribution in [-0.4, -0.2) is 22.7 Å². The minimum atomic E-state index is -1.00. The van der Waals surface area contributed by atoms with Crippen molar-refractivity contribution < 1.29 is 14.6 Å². The highest BCUT2D eigenvalue weighted by atomic mass is 16.5. The highest BCUT2D eigenvalue weighted by Gasteiger charge is 2.03. The van der Waals surface area contributed by atoms with Crippen molar-refractivity contribution in [1.29, 1.82) is 0 Å². The Morgan fingerprint density at radius 2 is 2.27 bits per heavy atom. The number of hydrogen-bond donors (Lipinski definition) is 1. The van der Waals surface area contributed by atoms with Gasteiger partial charge in [0.15, 0.2) is 0 Å². The molecule has 0 atom stereocenters. The molecule has 0 saturated heterocycles. The molecule has 1 N–H and O–H groups in total. The van der Waals surface area contributed by atoms with Crippen LogP contribution in [0.4, 0.5) is 0 Å². The predicted molar refractivity (Wildman–Crippen MR) is 56.1 cm³/mol. The Labute approximate surface area is 88.2 Å². The number of ether oxygens (including phenoxy) is 1. The third kappa shape index (κ3) is 3.81. The fourth-order valence-electron chi connectivity index (χ4n) is 0.919. The van der Waals surface area contributed by atoms with E-state index in [9.17, 15) is 4.79 Å². The largest absolute Gasteiger partial charge is 0.488 e. The molecule has 0 aliphatic carbocycles. The Bertz CT molecular complexity index is 381. The first-order valence-electron chi connectivity index (χ1n) is 4.54. The SMILES string of the molecule is CC(C)=CCOc1cncc(C(=O)O)c1. The van der Waals surface area contributed by atoms with Crippen LogP contribution < -0.4 is 4.74 Å². The second-order valence-electron chi connectivity index (χ2n) is 3.31. The zero-order valence-corrected chi connectivity index (χ0v) is 8.73. The Morgan fingerprint density at radius 3 is 2.87 bits per heavy atom. The summed E-state index contributed by atoms with van der Waals surface area (Å²) in [6.07, 6.45) is 4.69. The predicted octanol–water partition coefficient (Wildman–Crippen LogP) is 2.12. The van der Waals surface area contributed by atoms with Crippen molar-refractivity contribution in [2.75, 3.05) is 6.61 Å². The molecule has 0 aromatic carbocycles. The van der Waals surface area contributed by atoms with Gasteiger partial charge >= 0.3 is 5.97 Å². The van der Waals surface area contributed by atoms with Crippen LogP contribution in [0.25, 0.3) is 0 Å². The van der Waals surface area contributed by atoms with Crippen molar-refractivity contribution in [3.05, 3.63) is 35.7 Å². The number of carboxylic acid groups (broad SMARTS) is 1. The summed E-state index contributed by atoms with van der Waals surface area (Å²) in [6.45, 7) is 4.36. The van der Waals surface area contributed by atoms with E-state index in [0.29, 0.717) is 12.4 Å². The van der Waals surface area contributed by atoms with E-state index < -0.39 is 5.97 Å². The maximum atomic E-state index is 10.6. The average Bonchev–Trinajstić information content (AvgIpc) is 2.17. The molecule has 0 amide bonds. The van der Waals surface area contributed by atoms with Gasteiger partial charge in [-0.1, -0.05) is 5.57 Å². The molecule has 0 spiro atoms. The van der Waals surface area contributed by atoms with Crippen molar-refractivity contribution in [3.8, 4) is 5.75 Å². The van der Waals surface area contributed by atoms with E-state index in [-0.39, 0.29) is 5.56 Å². The van der Waals surface area contributed by atoms with Crippen LogP contribution in [0.5, 0.6) is 5.75 Å². The van der Waals surface area contributed by atoms with E-state index in [1.54, 1.807) is 0 Å². The lowest BCUT2D eigenvalue weighted by Crippen LogP contribution is -2.00. The molecule has 4 heteroatoms. The molecule has 1 aromatic rings. The lowest BCUT2D eigenvalue weighted by Gasteiger charge is -2.03. The van der Waals surface area contributed by atoms with Crippen LogP contribution in [0.1, 0.15) is 24.2 Å². The lowest BCUT2D eigenvalue weighted by atomic mass is 10.3. The molecule has 0 unspecified atom stereocenters. The minimum absolute atomic E-state index is 0.129. The summed E-state index contributed by atoms with van der Waals surface area (Å²) < 4.78 is 5.31. The zero-order chi connectivity index (χ0) is 11.3. The van der Waals surface area contributed by atoms with Gasteiger partial charge in [-0.3, -0.25) is 4.98 Å². The summed E-state index contributed by atoms with van der Waals surface area (Å²) in [5, 5.41) is 8.72. The second-order valence-corrected chi connectivity index (χ2v) is 3.31. The zero-order valence-electron chi connectivity index (χ0n) is 8.73. The Hall–Kier alpha value is -1.84. The molecule has 4 nitrogen and oxygen atoms in total. The van der Waals surface area contributed by atoms with Gasteiger partial charge in [-0.2, -0.15) is 0 Å². The maximum absolute atomic E-state index is 10.6. The molecular formula is C11H13NO3. The molecule has 0 fully saturated rings. The molecule has 80 valence electrons. The van der Waals surface area contributed by atoms with Gasteiger partial charge in [0, 0.05) is 6.20 Å². The van der Waals surface area contributed by atoms with Crippen molar-refractivity contribution in [1.82, 2.24) is 4.98 Å². The summed E-state index contributed by atoms with van der Waals surface area (Å²) in [5.74, 6) is -0.539. The Kier molecular flexibility index (Phi) is 3.85. The molecule has 0 aliphatic rings. The van der Waals surface area contributed by atoms with Crippen molar-refractivity contribution in [3.63, 3.8) is 0 Å². The van der Waals surface area contributed by atoms with E-state index in [1.165, 1.54) is 18.5 Å². The summed E-state index contributed by atoms with van der Waals surface area (Å²) >= 11 is 0. The summed E-state index contributed by atoms with van der Waals surface area (Å²) in [7, 11) is 0. The average molecular weight is 207 g/mol. The van der Waals surface area contributed by atoms with E-state index in [4.69, 9.17) is 9.84 Å². The minimum Gasteiger partial charge on any atom is -0.488 e. The number of pyridine rings is 1. The van der Waals surface area contributed by atoms with Crippen molar-refractivity contribution in [2.24, 2.45) is 0 Å². The number of carbonyl (C=O) groups is 1. The normalized spacial score (nSPS) is 9.47. The smallest absolute Gasteiger partial charge is 0.337 e. The van der Waals surface area contributed by atoms with Gasteiger partial charge in [0.1, 0.15) is 12.4 Å². The Balaban J connectivity index is 2.66. The van der Waals surface area contributed by atoms with E-state index in [1.807, 2.05) is 19.9 Å². The molecule has 15 heavy (non-hydrogen) atoms. The van der Waals surface area contributed by atoms with E-state index >= 15 is 0 Å². The molecule has 0 saturated carbocycles. The third-order valence-corrected chi connectivity index (χ3v) is 1.70. The standard InChI is InChI=1S/C11H13NO3/c1-8(2)3-4-15-10-5-9(11(13)14)6-12-7-10/h3,5-7H,4H2,1-2H3,(H,13,14). The van der Waals surface area contributed by atoms with Gasteiger partial charge in [0.05, 0.1) is 11.8 Å². The number of rotatable bonds is 4. The molecule has 1 rings (SSSR count). The van der Waals surface area contributed by atoms with Crippen LogP contribution >= 0.6 is 0 Å². The first-order valence-corrected chi connectivity index (χ1v) is 4.54. The fraction of sp³-hybridized carbons (Fsp3) is 0.273. The fourth-order valence-corrected chi connectivity index (χ4v) is 0.919. The van der Waals surface area contributed by atoms with Gasteiger partial charge in [0.2, 0.25) is 0 Å². The van der Waals surface area contributed by atoms with Crippen molar-refractivity contribution in [2.45, 2.75) is 13.8 Å². The van der Waals surface area contributed by atoms with Gasteiger partial charge in [0.25, 0.3) is 0 Å². The number of allylic oxidation sites excluding steroid dienone is 1.